The molecule has 9 heteroatoms. The van der Waals surface area contributed by atoms with Gasteiger partial charge in [-0.3, -0.25) is 4.79 Å². The highest BCUT2D eigenvalue weighted by molar-refractivity contribution is 7.14. The third-order valence-electron chi connectivity index (χ3n) is 4.01. The van der Waals surface area contributed by atoms with E-state index >= 15 is 0 Å². The topological polar surface area (TPSA) is 83.3 Å². The number of aromatic nitrogens is 1. The fourth-order valence-corrected chi connectivity index (χ4v) is 4.14. The normalized spacial score (nSPS) is 10.4. The van der Waals surface area contributed by atoms with Gasteiger partial charge in [-0.2, -0.15) is 16.6 Å². The molecule has 1 aromatic carbocycles. The highest BCUT2D eigenvalue weighted by atomic mass is 35.5. The van der Waals surface area contributed by atoms with Crippen LogP contribution in [0.2, 0.25) is 5.02 Å². The number of nitriles is 1. The van der Waals surface area contributed by atoms with E-state index in [1.54, 1.807) is 34.9 Å². The van der Waals surface area contributed by atoms with Crippen LogP contribution in [-0.2, 0) is 9.53 Å². The van der Waals surface area contributed by atoms with Crippen LogP contribution in [0.25, 0.3) is 10.6 Å². The number of esters is 1. The summed E-state index contributed by atoms with van der Waals surface area (Å²) in [6, 6.07) is 9.08. The van der Waals surface area contributed by atoms with E-state index in [-0.39, 0.29) is 18.7 Å². The molecule has 0 aliphatic carbocycles. The van der Waals surface area contributed by atoms with Crippen LogP contribution in [0.3, 0.4) is 0 Å². The van der Waals surface area contributed by atoms with Gasteiger partial charge in [-0.15, -0.1) is 11.3 Å². The molecule has 0 aliphatic heterocycles. The van der Waals surface area contributed by atoms with Crippen molar-refractivity contribution >= 4 is 51.8 Å². The largest absolute Gasteiger partial charge is 0.451 e. The average Bonchev–Trinajstić information content (AvgIpc) is 3.40. The second-order valence-corrected chi connectivity index (χ2v) is 8.06. The number of thiazole rings is 1. The fourth-order valence-electron chi connectivity index (χ4n) is 2.52. The van der Waals surface area contributed by atoms with E-state index in [0.717, 1.165) is 16.1 Å². The van der Waals surface area contributed by atoms with Gasteiger partial charge in [0, 0.05) is 33.6 Å². The molecule has 0 spiro atoms. The van der Waals surface area contributed by atoms with E-state index in [0.29, 0.717) is 10.7 Å². The Morgan fingerprint density at radius 1 is 1.31 bits per heavy atom. The van der Waals surface area contributed by atoms with Crippen molar-refractivity contribution in [3.05, 3.63) is 56.7 Å². The Labute approximate surface area is 180 Å². The summed E-state index contributed by atoms with van der Waals surface area (Å²) in [7, 11) is 0. The van der Waals surface area contributed by atoms with E-state index in [2.05, 4.69) is 4.98 Å². The Bertz CT molecular complexity index is 1060. The first kappa shape index (κ1) is 21.0. The Kier molecular flexibility index (Phi) is 6.99. The first-order valence-corrected chi connectivity index (χ1v) is 10.8. The van der Waals surface area contributed by atoms with Gasteiger partial charge in [0.15, 0.2) is 12.3 Å². The minimum Gasteiger partial charge on any atom is -0.451 e. The standard InChI is InChI=1S/C20H16ClN3O3S2/c1-13-9-15(3-4-16(13)21)24(7-2-6-22)18(25)10-27-20(26)17-12-29-19(23-17)14-5-8-28-11-14/h3-5,8-9,11-12H,2,7,10H2,1H3. The second-order valence-electron chi connectivity index (χ2n) is 6.01. The highest BCUT2D eigenvalue weighted by Crippen LogP contribution is 2.26. The number of hydrogen-bond donors (Lipinski definition) is 0. The molecule has 3 aromatic rings. The number of hydrogen-bond acceptors (Lipinski definition) is 7. The summed E-state index contributed by atoms with van der Waals surface area (Å²) in [6.07, 6.45) is 0.150. The number of carbonyl (C=O) groups is 2. The van der Waals surface area contributed by atoms with Gasteiger partial charge < -0.3 is 9.64 Å². The first-order valence-electron chi connectivity index (χ1n) is 8.58. The van der Waals surface area contributed by atoms with Gasteiger partial charge in [0.2, 0.25) is 0 Å². The molecule has 0 saturated carbocycles. The highest BCUT2D eigenvalue weighted by Gasteiger charge is 2.20. The van der Waals surface area contributed by atoms with Crippen LogP contribution in [0.15, 0.2) is 40.4 Å². The van der Waals surface area contributed by atoms with Crippen molar-refractivity contribution in [2.24, 2.45) is 0 Å². The van der Waals surface area contributed by atoms with Crippen LogP contribution >= 0.6 is 34.3 Å². The van der Waals surface area contributed by atoms with Crippen molar-refractivity contribution in [3.63, 3.8) is 0 Å². The predicted molar refractivity (Wildman–Crippen MR) is 114 cm³/mol. The van der Waals surface area contributed by atoms with E-state index in [1.807, 2.05) is 29.8 Å². The molecule has 0 radical (unpaired) electrons. The number of carbonyl (C=O) groups excluding carboxylic acids is 2. The molecular formula is C20H16ClN3O3S2. The number of aryl methyl sites for hydroxylation is 1. The predicted octanol–water partition coefficient (Wildman–Crippen LogP) is 4.94. The van der Waals surface area contributed by atoms with Gasteiger partial charge in [0.05, 0.1) is 12.5 Å². The molecule has 0 saturated heterocycles. The van der Waals surface area contributed by atoms with Crippen LogP contribution in [-0.4, -0.2) is 30.0 Å². The Balaban J connectivity index is 1.67. The van der Waals surface area contributed by atoms with Gasteiger partial charge in [0.25, 0.3) is 5.91 Å². The van der Waals surface area contributed by atoms with Gasteiger partial charge in [-0.05, 0) is 42.1 Å². The van der Waals surface area contributed by atoms with Gasteiger partial charge in [-0.25, -0.2) is 9.78 Å². The number of anilines is 1. The molecule has 0 fully saturated rings. The van der Waals surface area contributed by atoms with Crippen molar-refractivity contribution in [1.29, 1.82) is 5.26 Å². The van der Waals surface area contributed by atoms with Crippen LogP contribution in [0, 0.1) is 18.3 Å². The summed E-state index contributed by atoms with van der Waals surface area (Å²) in [4.78, 5) is 30.6. The van der Waals surface area contributed by atoms with Crippen molar-refractivity contribution in [2.45, 2.75) is 13.3 Å². The number of rotatable bonds is 7. The average molecular weight is 446 g/mol. The number of ether oxygens (including phenoxy) is 1. The molecule has 6 nitrogen and oxygen atoms in total. The van der Waals surface area contributed by atoms with Crippen molar-refractivity contribution < 1.29 is 14.3 Å². The molecule has 2 aromatic heterocycles. The quantitative estimate of drug-likeness (QED) is 0.481. The molecule has 0 N–H and O–H groups in total. The molecule has 1 amide bonds. The van der Waals surface area contributed by atoms with Gasteiger partial charge in [-0.1, -0.05) is 11.6 Å². The van der Waals surface area contributed by atoms with Gasteiger partial charge >= 0.3 is 5.97 Å². The maximum Gasteiger partial charge on any atom is 0.358 e. The molecule has 148 valence electrons. The molecule has 0 bridgehead atoms. The Hall–Kier alpha value is -2.73. The van der Waals surface area contributed by atoms with E-state index in [1.165, 1.54) is 16.2 Å². The third-order valence-corrected chi connectivity index (χ3v) is 6.01. The fraction of sp³-hybridized carbons (Fsp3) is 0.200. The molecule has 0 unspecified atom stereocenters. The zero-order chi connectivity index (χ0) is 20.8. The van der Waals surface area contributed by atoms with Gasteiger partial charge in [0.1, 0.15) is 5.01 Å². The van der Waals surface area contributed by atoms with E-state index < -0.39 is 18.5 Å². The Morgan fingerprint density at radius 2 is 2.14 bits per heavy atom. The molecule has 3 rings (SSSR count). The maximum atomic E-state index is 12.7. The lowest BCUT2D eigenvalue weighted by Crippen LogP contribution is -2.35. The minimum atomic E-state index is -0.663. The van der Waals surface area contributed by atoms with Crippen LogP contribution in [0.5, 0.6) is 0 Å². The monoisotopic (exact) mass is 445 g/mol. The third kappa shape index (κ3) is 5.21. The first-order chi connectivity index (χ1) is 14.0. The number of nitrogens with zero attached hydrogens (tertiary/aromatic N) is 3. The molecular weight excluding hydrogens is 430 g/mol. The lowest BCUT2D eigenvalue weighted by atomic mass is 10.2. The summed E-state index contributed by atoms with van der Waals surface area (Å²) in [6.45, 7) is 1.57. The smallest absolute Gasteiger partial charge is 0.358 e. The number of benzene rings is 1. The van der Waals surface area contributed by atoms with Crippen molar-refractivity contribution in [3.8, 4) is 16.6 Å². The summed E-state index contributed by atoms with van der Waals surface area (Å²) < 4.78 is 5.16. The second kappa shape index (κ2) is 9.65. The van der Waals surface area contributed by atoms with Crippen molar-refractivity contribution in [2.75, 3.05) is 18.1 Å². The lowest BCUT2D eigenvalue weighted by molar-refractivity contribution is -0.121. The molecule has 0 atom stereocenters. The lowest BCUT2D eigenvalue weighted by Gasteiger charge is -2.22. The number of thiophene rings is 1. The summed E-state index contributed by atoms with van der Waals surface area (Å²) in [5.74, 6) is -1.09. The maximum absolute atomic E-state index is 12.7. The SMILES string of the molecule is Cc1cc(N(CCC#N)C(=O)COC(=O)c2csc(-c3ccsc3)n2)ccc1Cl. The Morgan fingerprint density at radius 3 is 2.83 bits per heavy atom. The van der Waals surface area contributed by atoms with Crippen molar-refractivity contribution in [1.82, 2.24) is 4.98 Å². The minimum absolute atomic E-state index is 0.150. The zero-order valence-electron chi connectivity index (χ0n) is 15.4. The molecule has 29 heavy (non-hydrogen) atoms. The van der Waals surface area contributed by atoms with Crippen LogP contribution < -0.4 is 4.90 Å². The van der Waals surface area contributed by atoms with E-state index in [4.69, 9.17) is 21.6 Å². The summed E-state index contributed by atoms with van der Waals surface area (Å²) >= 11 is 8.93. The number of amides is 1. The van der Waals surface area contributed by atoms with Crippen LogP contribution in [0.4, 0.5) is 5.69 Å². The number of halogens is 1. The summed E-state index contributed by atoms with van der Waals surface area (Å²) in [5, 5.41) is 15.7. The van der Waals surface area contributed by atoms with Crippen LogP contribution in [0.1, 0.15) is 22.5 Å². The van der Waals surface area contributed by atoms with E-state index in [9.17, 15) is 9.59 Å². The molecule has 0 aliphatic rings. The summed E-state index contributed by atoms with van der Waals surface area (Å²) in [5.41, 5.74) is 2.50. The molecule has 2 heterocycles. The zero-order valence-corrected chi connectivity index (χ0v) is 17.8.